The van der Waals surface area contributed by atoms with Crippen molar-refractivity contribution in [3.05, 3.63) is 35.4 Å². The summed E-state index contributed by atoms with van der Waals surface area (Å²) in [4.78, 5) is 13.3. The quantitative estimate of drug-likeness (QED) is 0.896. The van der Waals surface area contributed by atoms with Crippen molar-refractivity contribution in [1.29, 1.82) is 0 Å². The van der Waals surface area contributed by atoms with Crippen LogP contribution < -0.4 is 5.32 Å². The Morgan fingerprint density at radius 3 is 2.76 bits per heavy atom. The summed E-state index contributed by atoms with van der Waals surface area (Å²) < 4.78 is 36.6. The van der Waals surface area contributed by atoms with Gasteiger partial charge in [-0.05, 0) is 24.0 Å². The molecule has 1 unspecified atom stereocenters. The van der Waals surface area contributed by atoms with E-state index in [2.05, 4.69) is 0 Å². The summed E-state index contributed by atoms with van der Waals surface area (Å²) in [6.45, 7) is -1.66. The van der Waals surface area contributed by atoms with E-state index in [1.54, 1.807) is 0 Å². The van der Waals surface area contributed by atoms with Crippen molar-refractivity contribution in [2.24, 2.45) is 0 Å². The number of aliphatic hydroxyl groups excluding tert-OH is 1. The lowest BCUT2D eigenvalue weighted by Gasteiger charge is -2.29. The fraction of sp³-hybridized carbons (Fsp3) is 0.500. The average Bonchev–Trinajstić information content (AvgIpc) is 2.85. The van der Waals surface area contributed by atoms with E-state index in [0.717, 1.165) is 17.5 Å². The summed E-state index contributed by atoms with van der Waals surface area (Å²) in [5.41, 5.74) is 2.03. The van der Waals surface area contributed by atoms with Crippen LogP contribution in [0.25, 0.3) is 0 Å². The van der Waals surface area contributed by atoms with Gasteiger partial charge in [-0.25, -0.2) is 4.79 Å². The van der Waals surface area contributed by atoms with Crippen LogP contribution in [0, 0.1) is 0 Å². The largest absolute Gasteiger partial charge is 0.405 e. The minimum absolute atomic E-state index is 0.00267. The molecule has 2 N–H and O–H groups in total. The first-order valence-corrected chi connectivity index (χ1v) is 6.72. The number of amides is 2. The SMILES string of the molecule is O=C(NCC(F)(F)F)N(CCO)C1CCc2ccccc21. The average molecular weight is 302 g/mol. The number of benzene rings is 1. The molecule has 4 nitrogen and oxygen atoms in total. The van der Waals surface area contributed by atoms with E-state index in [-0.39, 0.29) is 19.2 Å². The third-order valence-corrected chi connectivity index (χ3v) is 3.52. The van der Waals surface area contributed by atoms with E-state index in [1.165, 1.54) is 4.90 Å². The van der Waals surface area contributed by atoms with Crippen molar-refractivity contribution < 1.29 is 23.1 Å². The standard InChI is InChI=1S/C14H17F3N2O2/c15-14(16,17)9-18-13(21)19(7-8-20)12-6-5-10-3-1-2-4-11(10)12/h1-4,12,20H,5-9H2,(H,18,21). The topological polar surface area (TPSA) is 52.6 Å². The highest BCUT2D eigenvalue weighted by molar-refractivity contribution is 5.75. The third kappa shape index (κ3) is 3.87. The van der Waals surface area contributed by atoms with E-state index in [1.807, 2.05) is 29.6 Å². The summed E-state index contributed by atoms with van der Waals surface area (Å²) >= 11 is 0. The van der Waals surface area contributed by atoms with Gasteiger partial charge in [-0.2, -0.15) is 13.2 Å². The molecule has 116 valence electrons. The van der Waals surface area contributed by atoms with E-state index in [4.69, 9.17) is 5.11 Å². The summed E-state index contributed by atoms with van der Waals surface area (Å²) in [7, 11) is 0. The molecule has 0 bridgehead atoms. The van der Waals surface area contributed by atoms with Crippen LogP contribution in [0.15, 0.2) is 24.3 Å². The number of alkyl halides is 3. The lowest BCUT2D eigenvalue weighted by atomic mass is 10.1. The van der Waals surface area contributed by atoms with Crippen molar-refractivity contribution >= 4 is 6.03 Å². The number of nitrogens with zero attached hydrogens (tertiary/aromatic N) is 1. The number of halogens is 3. The maximum atomic E-state index is 12.2. The van der Waals surface area contributed by atoms with Gasteiger partial charge in [0, 0.05) is 6.54 Å². The second-order valence-electron chi connectivity index (χ2n) is 4.94. The van der Waals surface area contributed by atoms with E-state index < -0.39 is 18.8 Å². The number of urea groups is 1. The highest BCUT2D eigenvalue weighted by atomic mass is 19.4. The highest BCUT2D eigenvalue weighted by Crippen LogP contribution is 2.35. The molecule has 2 amide bonds. The predicted molar refractivity (Wildman–Crippen MR) is 70.7 cm³/mol. The molecule has 21 heavy (non-hydrogen) atoms. The van der Waals surface area contributed by atoms with E-state index in [0.29, 0.717) is 6.42 Å². The van der Waals surface area contributed by atoms with Crippen LogP contribution in [0.5, 0.6) is 0 Å². The second-order valence-corrected chi connectivity index (χ2v) is 4.94. The van der Waals surface area contributed by atoms with Gasteiger partial charge in [0.1, 0.15) is 6.54 Å². The molecule has 1 aromatic rings. The Balaban J connectivity index is 2.11. The molecule has 0 spiro atoms. The minimum Gasteiger partial charge on any atom is -0.395 e. The van der Waals surface area contributed by atoms with Gasteiger partial charge >= 0.3 is 12.2 Å². The van der Waals surface area contributed by atoms with Crippen molar-refractivity contribution in [2.75, 3.05) is 19.7 Å². The van der Waals surface area contributed by atoms with Crippen molar-refractivity contribution in [3.8, 4) is 0 Å². The summed E-state index contributed by atoms with van der Waals surface area (Å²) in [5.74, 6) is 0. The maximum absolute atomic E-state index is 12.2. The first-order valence-electron chi connectivity index (χ1n) is 6.72. The van der Waals surface area contributed by atoms with Gasteiger partial charge in [0.15, 0.2) is 0 Å². The number of aryl methyl sites for hydroxylation is 1. The molecular weight excluding hydrogens is 285 g/mol. The van der Waals surface area contributed by atoms with Crippen molar-refractivity contribution in [2.45, 2.75) is 25.1 Å². The van der Waals surface area contributed by atoms with Gasteiger partial charge in [-0.1, -0.05) is 24.3 Å². The second kappa shape index (κ2) is 6.34. The van der Waals surface area contributed by atoms with E-state index in [9.17, 15) is 18.0 Å². The minimum atomic E-state index is -4.45. The van der Waals surface area contributed by atoms with Crippen LogP contribution in [0.2, 0.25) is 0 Å². The maximum Gasteiger partial charge on any atom is 0.405 e. The Bertz CT molecular complexity index is 505. The normalized spacial score (nSPS) is 17.4. The number of carbonyl (C=O) groups excluding carboxylic acids is 1. The Morgan fingerprint density at radius 1 is 1.38 bits per heavy atom. The lowest BCUT2D eigenvalue weighted by Crippen LogP contribution is -2.46. The molecule has 0 aliphatic heterocycles. The Hall–Kier alpha value is -1.76. The zero-order valence-corrected chi connectivity index (χ0v) is 11.4. The molecule has 0 aromatic heterocycles. The third-order valence-electron chi connectivity index (χ3n) is 3.52. The molecule has 7 heteroatoms. The van der Waals surface area contributed by atoms with Crippen LogP contribution in [0.3, 0.4) is 0 Å². The molecular formula is C14H17F3N2O2. The molecule has 0 fully saturated rings. The zero-order chi connectivity index (χ0) is 15.5. The summed E-state index contributed by atoms with van der Waals surface area (Å²) in [6, 6.07) is 6.45. The Labute approximate surface area is 120 Å². The molecule has 1 aromatic carbocycles. The van der Waals surface area contributed by atoms with Crippen LogP contribution in [0.4, 0.5) is 18.0 Å². The van der Waals surface area contributed by atoms with Crippen LogP contribution in [0.1, 0.15) is 23.6 Å². The van der Waals surface area contributed by atoms with Crippen LogP contribution in [-0.2, 0) is 6.42 Å². The molecule has 1 aliphatic rings. The fourth-order valence-corrected chi connectivity index (χ4v) is 2.64. The van der Waals surface area contributed by atoms with E-state index >= 15 is 0 Å². The number of hydrogen-bond acceptors (Lipinski definition) is 2. The van der Waals surface area contributed by atoms with Crippen molar-refractivity contribution in [3.63, 3.8) is 0 Å². The molecule has 1 atom stereocenters. The van der Waals surface area contributed by atoms with Crippen LogP contribution >= 0.6 is 0 Å². The molecule has 1 aliphatic carbocycles. The summed E-state index contributed by atoms with van der Waals surface area (Å²) in [6.07, 6.45) is -3.03. The van der Waals surface area contributed by atoms with Gasteiger partial charge in [0.25, 0.3) is 0 Å². The van der Waals surface area contributed by atoms with Gasteiger partial charge in [-0.3, -0.25) is 0 Å². The summed E-state index contributed by atoms with van der Waals surface area (Å²) in [5, 5.41) is 10.9. The van der Waals surface area contributed by atoms with Crippen molar-refractivity contribution in [1.82, 2.24) is 10.2 Å². The Morgan fingerprint density at radius 2 is 2.10 bits per heavy atom. The van der Waals surface area contributed by atoms with Gasteiger partial charge in [0.05, 0.1) is 12.6 Å². The molecule has 0 heterocycles. The van der Waals surface area contributed by atoms with Gasteiger partial charge < -0.3 is 15.3 Å². The number of fused-ring (bicyclic) bond motifs is 1. The number of rotatable bonds is 4. The smallest absolute Gasteiger partial charge is 0.395 e. The zero-order valence-electron chi connectivity index (χ0n) is 11.4. The number of aliphatic hydroxyl groups is 1. The lowest BCUT2D eigenvalue weighted by molar-refractivity contribution is -0.123. The number of carbonyl (C=O) groups is 1. The molecule has 0 radical (unpaired) electrons. The van der Waals surface area contributed by atoms with Crippen LogP contribution in [-0.4, -0.2) is 41.9 Å². The predicted octanol–water partition coefficient (Wildman–Crippen LogP) is 2.24. The number of hydrogen-bond donors (Lipinski definition) is 2. The number of nitrogens with one attached hydrogen (secondary N) is 1. The highest BCUT2D eigenvalue weighted by Gasteiger charge is 2.33. The first kappa shape index (κ1) is 15.6. The fourth-order valence-electron chi connectivity index (χ4n) is 2.64. The molecule has 0 saturated carbocycles. The van der Waals surface area contributed by atoms with Gasteiger partial charge in [0.2, 0.25) is 0 Å². The van der Waals surface area contributed by atoms with Gasteiger partial charge in [-0.15, -0.1) is 0 Å². The monoisotopic (exact) mass is 302 g/mol. The first-order chi connectivity index (χ1) is 9.92. The Kier molecular flexibility index (Phi) is 4.72. The molecule has 0 saturated heterocycles. The molecule has 2 rings (SSSR count).